The van der Waals surface area contributed by atoms with Gasteiger partial charge in [-0.3, -0.25) is 4.79 Å². The highest BCUT2D eigenvalue weighted by Crippen LogP contribution is 2.32. The molecule has 0 radical (unpaired) electrons. The van der Waals surface area contributed by atoms with Crippen LogP contribution in [0.1, 0.15) is 34.7 Å². The Balaban J connectivity index is 1.78. The summed E-state index contributed by atoms with van der Waals surface area (Å²) in [5, 5.41) is 0.788. The Bertz CT molecular complexity index is 732. The van der Waals surface area contributed by atoms with Crippen LogP contribution in [0.5, 0.6) is 0 Å². The normalized spacial score (nSPS) is 17.6. The van der Waals surface area contributed by atoms with Gasteiger partial charge in [-0.1, -0.05) is 29.8 Å². The van der Waals surface area contributed by atoms with Crippen molar-refractivity contribution in [2.45, 2.75) is 18.8 Å². The first kappa shape index (κ1) is 16.8. The van der Waals surface area contributed by atoms with Crippen LogP contribution in [-0.2, 0) is 0 Å². The smallest absolute Gasteiger partial charge is 0.254 e. The van der Waals surface area contributed by atoms with E-state index in [0.29, 0.717) is 18.0 Å². The zero-order valence-electron chi connectivity index (χ0n) is 14.1. The first-order valence-electron chi connectivity index (χ1n) is 8.23. The number of rotatable bonds is 3. The minimum absolute atomic E-state index is 0.0669. The van der Waals surface area contributed by atoms with Gasteiger partial charge in [0, 0.05) is 49.9 Å². The van der Waals surface area contributed by atoms with Gasteiger partial charge in [0.25, 0.3) is 5.91 Å². The Kier molecular flexibility index (Phi) is 5.05. The van der Waals surface area contributed by atoms with Crippen LogP contribution in [0.25, 0.3) is 0 Å². The molecular formula is C19H22ClN3O. The highest BCUT2D eigenvalue weighted by Gasteiger charge is 2.26. The quantitative estimate of drug-likeness (QED) is 0.850. The van der Waals surface area contributed by atoms with Gasteiger partial charge < -0.3 is 9.80 Å². The largest absolute Gasteiger partial charge is 0.363 e. The van der Waals surface area contributed by atoms with Crippen molar-refractivity contribution in [1.29, 1.82) is 0 Å². The summed E-state index contributed by atoms with van der Waals surface area (Å²) in [5.41, 5.74) is 1.83. The minimum atomic E-state index is 0.0669. The molecule has 3 rings (SSSR count). The lowest BCUT2D eigenvalue weighted by molar-refractivity contribution is 0.0707. The molecule has 1 aliphatic rings. The number of likely N-dealkylation sites (tertiary alicyclic amines) is 1. The SMILES string of the molecule is CN(C)c1cc(C(=O)N2CCC[C@@H](c3ccccc3Cl)C2)ccn1. The first-order valence-corrected chi connectivity index (χ1v) is 8.61. The van der Waals surface area contributed by atoms with Crippen LogP contribution in [-0.4, -0.2) is 43.0 Å². The van der Waals surface area contributed by atoms with Crippen molar-refractivity contribution < 1.29 is 4.79 Å². The van der Waals surface area contributed by atoms with Gasteiger partial charge in [0.2, 0.25) is 0 Å². The summed E-state index contributed by atoms with van der Waals surface area (Å²) in [6.45, 7) is 1.50. The van der Waals surface area contributed by atoms with Gasteiger partial charge in [-0.2, -0.15) is 0 Å². The first-order chi connectivity index (χ1) is 11.6. The zero-order valence-corrected chi connectivity index (χ0v) is 14.8. The molecule has 1 aliphatic heterocycles. The second-order valence-electron chi connectivity index (χ2n) is 6.41. The van der Waals surface area contributed by atoms with Crippen molar-refractivity contribution in [3.8, 4) is 0 Å². The van der Waals surface area contributed by atoms with E-state index in [1.165, 1.54) is 0 Å². The highest BCUT2D eigenvalue weighted by atomic mass is 35.5. The number of nitrogens with zero attached hydrogens (tertiary/aromatic N) is 3. The molecule has 1 aromatic heterocycles. The van der Waals surface area contributed by atoms with E-state index < -0.39 is 0 Å². The van der Waals surface area contributed by atoms with Gasteiger partial charge in [0.1, 0.15) is 5.82 Å². The fourth-order valence-corrected chi connectivity index (χ4v) is 3.49. The number of hydrogen-bond acceptors (Lipinski definition) is 3. The van der Waals surface area contributed by atoms with Crippen molar-refractivity contribution in [3.63, 3.8) is 0 Å². The van der Waals surface area contributed by atoms with Gasteiger partial charge in [-0.25, -0.2) is 4.98 Å². The van der Waals surface area contributed by atoms with Crippen LogP contribution >= 0.6 is 11.6 Å². The third-order valence-corrected chi connectivity index (χ3v) is 4.85. The number of halogens is 1. The van der Waals surface area contributed by atoms with Crippen LogP contribution in [0.3, 0.4) is 0 Å². The predicted octanol–water partition coefficient (Wildman–Crippen LogP) is 3.82. The summed E-state index contributed by atoms with van der Waals surface area (Å²) in [6.07, 6.45) is 3.75. The molecule has 1 aromatic carbocycles. The van der Waals surface area contributed by atoms with E-state index >= 15 is 0 Å². The standard InChI is InChI=1S/C19H22ClN3O/c1-22(2)18-12-14(9-10-21-18)19(24)23-11-5-6-15(13-23)16-7-3-4-8-17(16)20/h3-4,7-10,12,15H,5-6,11,13H2,1-2H3/t15-/m1/s1. The number of benzene rings is 1. The lowest BCUT2D eigenvalue weighted by Gasteiger charge is -2.33. The lowest BCUT2D eigenvalue weighted by atomic mass is 9.90. The summed E-state index contributed by atoms with van der Waals surface area (Å²) in [4.78, 5) is 21.0. The number of hydrogen-bond donors (Lipinski definition) is 0. The molecule has 1 fully saturated rings. The monoisotopic (exact) mass is 343 g/mol. The zero-order chi connectivity index (χ0) is 17.1. The van der Waals surface area contributed by atoms with E-state index in [-0.39, 0.29) is 5.91 Å². The van der Waals surface area contributed by atoms with Crippen LogP contribution in [0.2, 0.25) is 5.02 Å². The summed E-state index contributed by atoms with van der Waals surface area (Å²) in [6, 6.07) is 11.6. The van der Waals surface area contributed by atoms with Crippen molar-refractivity contribution in [3.05, 3.63) is 58.7 Å². The third-order valence-electron chi connectivity index (χ3n) is 4.50. The Labute approximate surface area is 148 Å². The van der Waals surface area contributed by atoms with Gasteiger partial charge in [-0.05, 0) is 36.6 Å². The number of pyridine rings is 1. The third kappa shape index (κ3) is 3.54. The highest BCUT2D eigenvalue weighted by molar-refractivity contribution is 6.31. The molecular weight excluding hydrogens is 322 g/mol. The molecule has 5 heteroatoms. The molecule has 1 atom stereocenters. The predicted molar refractivity (Wildman–Crippen MR) is 97.9 cm³/mol. The van der Waals surface area contributed by atoms with E-state index in [0.717, 1.165) is 35.8 Å². The maximum absolute atomic E-state index is 12.9. The Morgan fingerprint density at radius 2 is 2.08 bits per heavy atom. The molecule has 0 spiro atoms. The molecule has 0 saturated carbocycles. The van der Waals surface area contributed by atoms with Crippen LogP contribution < -0.4 is 4.90 Å². The Morgan fingerprint density at radius 3 is 2.83 bits per heavy atom. The van der Waals surface area contributed by atoms with Crippen molar-refractivity contribution in [2.75, 3.05) is 32.1 Å². The van der Waals surface area contributed by atoms with Gasteiger partial charge in [0.15, 0.2) is 0 Å². The Morgan fingerprint density at radius 1 is 1.29 bits per heavy atom. The van der Waals surface area contributed by atoms with Crippen LogP contribution in [0.4, 0.5) is 5.82 Å². The fraction of sp³-hybridized carbons (Fsp3) is 0.368. The van der Waals surface area contributed by atoms with Gasteiger partial charge >= 0.3 is 0 Å². The molecule has 2 heterocycles. The van der Waals surface area contributed by atoms with Crippen LogP contribution in [0, 0.1) is 0 Å². The van der Waals surface area contributed by atoms with Crippen LogP contribution in [0.15, 0.2) is 42.6 Å². The number of carbonyl (C=O) groups excluding carboxylic acids is 1. The van der Waals surface area contributed by atoms with E-state index in [2.05, 4.69) is 11.1 Å². The maximum Gasteiger partial charge on any atom is 0.254 e. The number of anilines is 1. The van der Waals surface area contributed by atoms with Gasteiger partial charge in [0.05, 0.1) is 0 Å². The minimum Gasteiger partial charge on any atom is -0.363 e. The second-order valence-corrected chi connectivity index (χ2v) is 6.82. The number of amides is 1. The summed E-state index contributed by atoms with van der Waals surface area (Å²) >= 11 is 6.34. The molecule has 4 nitrogen and oxygen atoms in total. The molecule has 0 bridgehead atoms. The molecule has 1 saturated heterocycles. The van der Waals surface area contributed by atoms with E-state index in [1.54, 1.807) is 12.3 Å². The molecule has 0 N–H and O–H groups in total. The molecule has 1 amide bonds. The Hall–Kier alpha value is -2.07. The molecule has 24 heavy (non-hydrogen) atoms. The number of aromatic nitrogens is 1. The fourth-order valence-electron chi connectivity index (χ4n) is 3.20. The molecule has 126 valence electrons. The molecule has 2 aromatic rings. The van der Waals surface area contributed by atoms with Gasteiger partial charge in [-0.15, -0.1) is 0 Å². The van der Waals surface area contributed by atoms with Crippen molar-refractivity contribution >= 4 is 23.3 Å². The summed E-state index contributed by atoms with van der Waals surface area (Å²) in [5.74, 6) is 1.16. The van der Waals surface area contributed by atoms with Crippen molar-refractivity contribution in [2.24, 2.45) is 0 Å². The topological polar surface area (TPSA) is 36.4 Å². The summed E-state index contributed by atoms with van der Waals surface area (Å²) in [7, 11) is 3.84. The van der Waals surface area contributed by atoms with E-state index in [1.807, 2.05) is 48.2 Å². The average Bonchev–Trinajstić information content (AvgIpc) is 2.61. The summed E-state index contributed by atoms with van der Waals surface area (Å²) < 4.78 is 0. The maximum atomic E-state index is 12.9. The van der Waals surface area contributed by atoms with Crippen molar-refractivity contribution in [1.82, 2.24) is 9.88 Å². The molecule has 0 aliphatic carbocycles. The molecule has 0 unspecified atom stereocenters. The number of carbonyl (C=O) groups is 1. The van der Waals surface area contributed by atoms with E-state index in [9.17, 15) is 4.79 Å². The number of piperidine rings is 1. The second kappa shape index (κ2) is 7.22. The van der Waals surface area contributed by atoms with E-state index in [4.69, 9.17) is 11.6 Å². The lowest BCUT2D eigenvalue weighted by Crippen LogP contribution is -2.39. The average molecular weight is 344 g/mol.